The van der Waals surface area contributed by atoms with Crippen LogP contribution in [0.25, 0.3) is 0 Å². The zero-order chi connectivity index (χ0) is 11.9. The van der Waals surface area contributed by atoms with Crippen molar-refractivity contribution in [2.75, 3.05) is 0 Å². The highest BCUT2D eigenvalue weighted by Crippen LogP contribution is 2.34. The maximum absolute atomic E-state index is 12.5. The Hall–Kier alpha value is -0.340. The van der Waals surface area contributed by atoms with Crippen molar-refractivity contribution >= 4 is 10.0 Å². The average Bonchev–Trinajstić information content (AvgIpc) is 2.28. The molecule has 0 saturated carbocycles. The molecule has 1 aliphatic rings. The summed E-state index contributed by atoms with van der Waals surface area (Å²) in [7, 11) is -4.68. The zero-order valence-corrected chi connectivity index (χ0v) is 8.81. The van der Waals surface area contributed by atoms with E-state index in [1.54, 1.807) is 6.92 Å². The lowest BCUT2D eigenvalue weighted by Gasteiger charge is -2.23. The molecular formula is C7H12F3NO3S. The first-order valence-electron chi connectivity index (χ1n) is 4.36. The minimum absolute atomic E-state index is 0.0573. The maximum atomic E-state index is 12.5. The SMILES string of the molecule is CC1CCC(C(C(F)(F)F)S(N)(=O)=O)O1. The van der Waals surface area contributed by atoms with Gasteiger partial charge in [0.2, 0.25) is 10.0 Å². The molecule has 0 aromatic heterocycles. The Morgan fingerprint density at radius 3 is 2.20 bits per heavy atom. The third-order valence-electron chi connectivity index (χ3n) is 2.28. The molecule has 0 bridgehead atoms. The van der Waals surface area contributed by atoms with Gasteiger partial charge in [0.1, 0.15) is 0 Å². The normalized spacial score (nSPS) is 30.5. The Labute approximate surface area is 85.6 Å². The molecule has 0 amide bonds. The van der Waals surface area contributed by atoms with Gasteiger partial charge in [-0.25, -0.2) is 13.6 Å². The summed E-state index contributed by atoms with van der Waals surface area (Å²) in [5, 5.41) is 1.95. The molecule has 0 aliphatic carbocycles. The van der Waals surface area contributed by atoms with Gasteiger partial charge < -0.3 is 4.74 Å². The Morgan fingerprint density at radius 1 is 1.40 bits per heavy atom. The molecule has 1 fully saturated rings. The van der Waals surface area contributed by atoms with Crippen LogP contribution in [-0.2, 0) is 14.8 Å². The molecule has 1 rings (SSSR count). The minimum Gasteiger partial charge on any atom is -0.374 e. The second-order valence-corrected chi connectivity index (χ2v) is 5.30. The third-order valence-corrected chi connectivity index (χ3v) is 3.56. The molecule has 0 spiro atoms. The van der Waals surface area contributed by atoms with Gasteiger partial charge in [-0.05, 0) is 19.8 Å². The molecule has 0 radical (unpaired) electrons. The first-order valence-corrected chi connectivity index (χ1v) is 5.97. The van der Waals surface area contributed by atoms with Crippen LogP contribution in [0.2, 0.25) is 0 Å². The molecule has 0 aromatic carbocycles. The molecule has 3 atom stereocenters. The molecule has 15 heavy (non-hydrogen) atoms. The van der Waals surface area contributed by atoms with Gasteiger partial charge in [0.05, 0.1) is 12.2 Å². The summed E-state index contributed by atoms with van der Waals surface area (Å²) < 4.78 is 64.0. The monoisotopic (exact) mass is 247 g/mol. The number of primary sulfonamides is 1. The van der Waals surface area contributed by atoms with Crippen molar-refractivity contribution in [2.45, 2.75) is 43.4 Å². The van der Waals surface area contributed by atoms with Gasteiger partial charge in [-0.1, -0.05) is 0 Å². The number of ether oxygens (including phenoxy) is 1. The van der Waals surface area contributed by atoms with Crippen molar-refractivity contribution < 1.29 is 26.3 Å². The summed E-state index contributed by atoms with van der Waals surface area (Å²) in [6.45, 7) is 1.59. The van der Waals surface area contributed by atoms with Crippen LogP contribution in [0.4, 0.5) is 13.2 Å². The van der Waals surface area contributed by atoms with E-state index in [1.807, 2.05) is 0 Å². The predicted octanol–water partition coefficient (Wildman–Crippen LogP) is 0.773. The van der Waals surface area contributed by atoms with Crippen molar-refractivity contribution in [1.82, 2.24) is 0 Å². The molecule has 1 heterocycles. The van der Waals surface area contributed by atoms with Crippen molar-refractivity contribution in [1.29, 1.82) is 0 Å². The van der Waals surface area contributed by atoms with Gasteiger partial charge in [-0.2, -0.15) is 13.2 Å². The average molecular weight is 247 g/mol. The van der Waals surface area contributed by atoms with Crippen LogP contribution >= 0.6 is 0 Å². The highest BCUT2D eigenvalue weighted by molar-refractivity contribution is 7.89. The number of nitrogens with two attached hydrogens (primary N) is 1. The topological polar surface area (TPSA) is 69.4 Å². The van der Waals surface area contributed by atoms with Crippen LogP contribution in [0.1, 0.15) is 19.8 Å². The number of rotatable bonds is 2. The number of alkyl halides is 3. The summed E-state index contributed by atoms with van der Waals surface area (Å²) in [6.07, 6.45) is -6.16. The smallest absolute Gasteiger partial charge is 0.374 e. The van der Waals surface area contributed by atoms with E-state index in [1.165, 1.54) is 0 Å². The number of halogens is 3. The van der Waals surface area contributed by atoms with Crippen LogP contribution in [0.15, 0.2) is 0 Å². The second-order valence-electron chi connectivity index (χ2n) is 3.61. The molecule has 8 heteroatoms. The van der Waals surface area contributed by atoms with E-state index in [0.717, 1.165) is 0 Å². The summed E-state index contributed by atoms with van der Waals surface area (Å²) in [6, 6.07) is 0. The lowest BCUT2D eigenvalue weighted by molar-refractivity contribution is -0.153. The Bertz CT molecular complexity index is 327. The van der Waals surface area contributed by atoms with E-state index < -0.39 is 27.6 Å². The van der Waals surface area contributed by atoms with Gasteiger partial charge >= 0.3 is 6.18 Å². The van der Waals surface area contributed by atoms with E-state index in [-0.39, 0.29) is 12.5 Å². The summed E-state index contributed by atoms with van der Waals surface area (Å²) in [5.74, 6) is 0. The molecule has 1 saturated heterocycles. The predicted molar refractivity (Wildman–Crippen MR) is 46.5 cm³/mol. The molecule has 3 unspecified atom stereocenters. The van der Waals surface area contributed by atoms with Gasteiger partial charge in [0.15, 0.2) is 5.25 Å². The van der Waals surface area contributed by atoms with Crippen LogP contribution in [0.5, 0.6) is 0 Å². The van der Waals surface area contributed by atoms with Crippen LogP contribution in [-0.4, -0.2) is 32.1 Å². The maximum Gasteiger partial charge on any atom is 0.409 e. The lowest BCUT2D eigenvalue weighted by atomic mass is 10.1. The fourth-order valence-corrected chi connectivity index (χ4v) is 2.66. The summed E-state index contributed by atoms with van der Waals surface area (Å²) >= 11 is 0. The highest BCUT2D eigenvalue weighted by atomic mass is 32.2. The molecule has 1 aliphatic heterocycles. The summed E-state index contributed by atoms with van der Waals surface area (Å²) in [5.41, 5.74) is 0. The fourth-order valence-electron chi connectivity index (χ4n) is 1.66. The van der Waals surface area contributed by atoms with Crippen molar-refractivity contribution in [3.05, 3.63) is 0 Å². The van der Waals surface area contributed by atoms with Gasteiger partial charge in [0.25, 0.3) is 0 Å². The van der Waals surface area contributed by atoms with E-state index >= 15 is 0 Å². The quantitative estimate of drug-likeness (QED) is 0.783. The molecule has 2 N–H and O–H groups in total. The van der Waals surface area contributed by atoms with E-state index in [9.17, 15) is 21.6 Å². The summed E-state index contributed by atoms with van der Waals surface area (Å²) in [4.78, 5) is 0. The Kier molecular flexibility index (Phi) is 3.32. The van der Waals surface area contributed by atoms with Gasteiger partial charge in [0, 0.05) is 0 Å². The van der Waals surface area contributed by atoms with Gasteiger partial charge in [-0.15, -0.1) is 0 Å². The minimum atomic E-state index is -4.89. The first-order chi connectivity index (χ1) is 6.62. The van der Waals surface area contributed by atoms with E-state index in [4.69, 9.17) is 4.74 Å². The molecule has 4 nitrogen and oxygen atoms in total. The number of hydrogen-bond donors (Lipinski definition) is 1. The van der Waals surface area contributed by atoms with E-state index in [0.29, 0.717) is 6.42 Å². The lowest BCUT2D eigenvalue weighted by Crippen LogP contribution is -2.48. The van der Waals surface area contributed by atoms with Crippen molar-refractivity contribution in [3.8, 4) is 0 Å². The number of hydrogen-bond acceptors (Lipinski definition) is 3. The number of sulfonamides is 1. The Morgan fingerprint density at radius 2 is 1.93 bits per heavy atom. The largest absolute Gasteiger partial charge is 0.409 e. The third kappa shape index (κ3) is 3.05. The molecular weight excluding hydrogens is 235 g/mol. The van der Waals surface area contributed by atoms with Crippen LogP contribution < -0.4 is 5.14 Å². The second kappa shape index (κ2) is 3.91. The standard InChI is InChI=1S/C7H12F3NO3S/c1-4-2-3-5(14-4)6(7(8,9)10)15(11,12)13/h4-6H,2-3H2,1H3,(H2,11,12,13). The fraction of sp³-hybridized carbons (Fsp3) is 1.00. The Balaban J connectivity index is 2.93. The molecule has 0 aromatic rings. The first kappa shape index (κ1) is 12.7. The zero-order valence-electron chi connectivity index (χ0n) is 7.99. The van der Waals surface area contributed by atoms with E-state index in [2.05, 4.69) is 5.14 Å². The van der Waals surface area contributed by atoms with Crippen molar-refractivity contribution in [3.63, 3.8) is 0 Å². The van der Waals surface area contributed by atoms with Crippen molar-refractivity contribution in [2.24, 2.45) is 5.14 Å². The van der Waals surface area contributed by atoms with Crippen LogP contribution in [0.3, 0.4) is 0 Å². The molecule has 90 valence electrons. The highest BCUT2D eigenvalue weighted by Gasteiger charge is 2.54. The van der Waals surface area contributed by atoms with Gasteiger partial charge in [-0.3, -0.25) is 0 Å². The van der Waals surface area contributed by atoms with Crippen LogP contribution in [0, 0.1) is 0 Å².